The molecule has 0 heteroatoms. The van der Waals surface area contributed by atoms with Crippen LogP contribution >= 0.6 is 0 Å². The number of hydrogen-bond donors (Lipinski definition) is 0. The molecule has 0 aliphatic rings. The van der Waals surface area contributed by atoms with Crippen molar-refractivity contribution in [2.24, 2.45) is 5.92 Å². The average Bonchev–Trinajstić information content (AvgIpc) is 2.48. The molecule has 132 valence electrons. The molecule has 1 atom stereocenters. The van der Waals surface area contributed by atoms with Gasteiger partial charge in [0.05, 0.1) is 0 Å². The van der Waals surface area contributed by atoms with Crippen molar-refractivity contribution in [1.82, 2.24) is 0 Å². The third kappa shape index (κ3) is 17.8. The Labute approximate surface area is 142 Å². The smallest absolute Gasteiger partial charge is 0.0326 e. The zero-order chi connectivity index (χ0) is 16.5. The molecular formula is C22H44. The first-order valence-corrected chi connectivity index (χ1v) is 10.3. The highest BCUT2D eigenvalue weighted by atomic mass is 14.1. The van der Waals surface area contributed by atoms with Crippen LogP contribution in [0.25, 0.3) is 0 Å². The van der Waals surface area contributed by atoms with Crippen molar-refractivity contribution >= 4 is 0 Å². The van der Waals surface area contributed by atoms with E-state index in [1.807, 2.05) is 0 Å². The van der Waals surface area contributed by atoms with Crippen LogP contribution in [0.1, 0.15) is 124 Å². The standard InChI is InChI=1S/C22H44/c1-5-6-7-8-9-13-16-19-22(4)20-17-14-11-10-12-15-18-21(2)3/h22H,2,5-20H2,1,3-4H3. The minimum absolute atomic E-state index is 0.957. The highest BCUT2D eigenvalue weighted by molar-refractivity contribution is 4.86. The fraction of sp³-hybridized carbons (Fsp3) is 0.909. The highest BCUT2D eigenvalue weighted by Gasteiger charge is 2.02. The summed E-state index contributed by atoms with van der Waals surface area (Å²) in [5.74, 6) is 0.957. The van der Waals surface area contributed by atoms with Crippen molar-refractivity contribution in [2.45, 2.75) is 124 Å². The number of rotatable bonds is 17. The van der Waals surface area contributed by atoms with Crippen LogP contribution in [0.3, 0.4) is 0 Å². The Morgan fingerprint density at radius 3 is 1.55 bits per heavy atom. The van der Waals surface area contributed by atoms with Crippen LogP contribution < -0.4 is 0 Å². The highest BCUT2D eigenvalue weighted by Crippen LogP contribution is 2.18. The second kappa shape index (κ2) is 17.1. The minimum atomic E-state index is 0.957. The zero-order valence-corrected chi connectivity index (χ0v) is 16.1. The van der Waals surface area contributed by atoms with Gasteiger partial charge in [-0.15, -0.1) is 6.58 Å². The third-order valence-corrected chi connectivity index (χ3v) is 4.85. The fourth-order valence-electron chi connectivity index (χ4n) is 3.22. The number of unbranched alkanes of at least 4 members (excludes halogenated alkanes) is 11. The van der Waals surface area contributed by atoms with E-state index in [9.17, 15) is 0 Å². The van der Waals surface area contributed by atoms with E-state index in [2.05, 4.69) is 27.4 Å². The first kappa shape index (κ1) is 21.7. The molecule has 0 aliphatic carbocycles. The summed E-state index contributed by atoms with van der Waals surface area (Å²) in [6.07, 6.45) is 22.8. The molecule has 0 aliphatic heterocycles. The molecule has 0 radical (unpaired) electrons. The van der Waals surface area contributed by atoms with Crippen LogP contribution in [-0.2, 0) is 0 Å². The van der Waals surface area contributed by atoms with Gasteiger partial charge in [-0.3, -0.25) is 0 Å². The van der Waals surface area contributed by atoms with Gasteiger partial charge in [-0.1, -0.05) is 109 Å². The lowest BCUT2D eigenvalue weighted by Crippen LogP contribution is -1.95. The summed E-state index contributed by atoms with van der Waals surface area (Å²) in [5, 5.41) is 0. The van der Waals surface area contributed by atoms with Gasteiger partial charge in [0.15, 0.2) is 0 Å². The molecule has 0 saturated carbocycles. The largest absolute Gasteiger partial charge is 0.100 e. The Balaban J connectivity index is 3.15. The van der Waals surface area contributed by atoms with Crippen molar-refractivity contribution in [1.29, 1.82) is 0 Å². The second-order valence-corrected chi connectivity index (χ2v) is 7.63. The molecular weight excluding hydrogens is 264 g/mol. The molecule has 0 bridgehead atoms. The first-order chi connectivity index (χ1) is 10.7. The molecule has 1 unspecified atom stereocenters. The third-order valence-electron chi connectivity index (χ3n) is 4.85. The summed E-state index contributed by atoms with van der Waals surface area (Å²) in [4.78, 5) is 0. The number of allylic oxidation sites excluding steroid dienone is 1. The van der Waals surface area contributed by atoms with Crippen LogP contribution in [0.5, 0.6) is 0 Å². The molecule has 0 aromatic carbocycles. The molecule has 0 saturated heterocycles. The van der Waals surface area contributed by atoms with Crippen LogP contribution in [-0.4, -0.2) is 0 Å². The molecule has 0 aromatic rings. The molecule has 0 aromatic heterocycles. The van der Waals surface area contributed by atoms with Crippen LogP contribution in [0.2, 0.25) is 0 Å². The maximum atomic E-state index is 3.97. The van der Waals surface area contributed by atoms with Crippen LogP contribution in [0, 0.1) is 5.92 Å². The average molecular weight is 309 g/mol. The molecule has 0 amide bonds. The van der Waals surface area contributed by atoms with Crippen LogP contribution in [0.4, 0.5) is 0 Å². The predicted octanol–water partition coefficient (Wildman–Crippen LogP) is 8.46. The van der Waals surface area contributed by atoms with E-state index < -0.39 is 0 Å². The molecule has 0 heterocycles. The summed E-state index contributed by atoms with van der Waals surface area (Å²) in [6, 6.07) is 0. The van der Waals surface area contributed by atoms with Crippen molar-refractivity contribution in [2.75, 3.05) is 0 Å². The Morgan fingerprint density at radius 1 is 0.682 bits per heavy atom. The zero-order valence-electron chi connectivity index (χ0n) is 16.1. The van der Waals surface area contributed by atoms with Gasteiger partial charge < -0.3 is 0 Å². The lowest BCUT2D eigenvalue weighted by atomic mass is 9.95. The van der Waals surface area contributed by atoms with Gasteiger partial charge in [0.2, 0.25) is 0 Å². The van der Waals surface area contributed by atoms with E-state index >= 15 is 0 Å². The van der Waals surface area contributed by atoms with Crippen molar-refractivity contribution in [3.8, 4) is 0 Å². The fourth-order valence-corrected chi connectivity index (χ4v) is 3.22. The van der Waals surface area contributed by atoms with Crippen LogP contribution in [0.15, 0.2) is 12.2 Å². The monoisotopic (exact) mass is 308 g/mol. The maximum Gasteiger partial charge on any atom is -0.0326 e. The Kier molecular flexibility index (Phi) is 16.9. The van der Waals surface area contributed by atoms with Crippen molar-refractivity contribution in [3.63, 3.8) is 0 Å². The van der Waals surface area contributed by atoms with E-state index in [0.717, 1.165) is 5.92 Å². The van der Waals surface area contributed by atoms with Gasteiger partial charge in [-0.05, 0) is 25.7 Å². The van der Waals surface area contributed by atoms with E-state index in [-0.39, 0.29) is 0 Å². The SMILES string of the molecule is C=C(C)CCCCCCCCC(C)CCCCCCCCC. The summed E-state index contributed by atoms with van der Waals surface area (Å²) in [7, 11) is 0. The molecule has 22 heavy (non-hydrogen) atoms. The molecule has 0 spiro atoms. The van der Waals surface area contributed by atoms with Gasteiger partial charge in [0.1, 0.15) is 0 Å². The van der Waals surface area contributed by atoms with Gasteiger partial charge in [-0.2, -0.15) is 0 Å². The van der Waals surface area contributed by atoms with Crippen molar-refractivity contribution < 1.29 is 0 Å². The van der Waals surface area contributed by atoms with Gasteiger partial charge in [-0.25, -0.2) is 0 Å². The predicted molar refractivity (Wildman–Crippen MR) is 104 cm³/mol. The second-order valence-electron chi connectivity index (χ2n) is 7.63. The molecule has 0 nitrogen and oxygen atoms in total. The van der Waals surface area contributed by atoms with E-state index in [4.69, 9.17) is 0 Å². The lowest BCUT2D eigenvalue weighted by Gasteiger charge is -2.11. The minimum Gasteiger partial charge on any atom is -0.100 e. The maximum absolute atomic E-state index is 3.97. The van der Waals surface area contributed by atoms with Gasteiger partial charge in [0, 0.05) is 0 Å². The molecule has 0 rings (SSSR count). The van der Waals surface area contributed by atoms with Gasteiger partial charge >= 0.3 is 0 Å². The van der Waals surface area contributed by atoms with E-state index in [1.165, 1.54) is 108 Å². The molecule has 0 N–H and O–H groups in total. The van der Waals surface area contributed by atoms with E-state index in [1.54, 1.807) is 0 Å². The Morgan fingerprint density at radius 2 is 1.09 bits per heavy atom. The van der Waals surface area contributed by atoms with Crippen molar-refractivity contribution in [3.05, 3.63) is 12.2 Å². The summed E-state index contributed by atoms with van der Waals surface area (Å²) in [5.41, 5.74) is 1.35. The Hall–Kier alpha value is -0.260. The quantitative estimate of drug-likeness (QED) is 0.187. The number of hydrogen-bond acceptors (Lipinski definition) is 0. The van der Waals surface area contributed by atoms with Gasteiger partial charge in [0.25, 0.3) is 0 Å². The first-order valence-electron chi connectivity index (χ1n) is 10.3. The Bertz CT molecular complexity index is 228. The summed E-state index contributed by atoms with van der Waals surface area (Å²) >= 11 is 0. The lowest BCUT2D eigenvalue weighted by molar-refractivity contribution is 0.431. The summed E-state index contributed by atoms with van der Waals surface area (Å²) < 4.78 is 0. The van der Waals surface area contributed by atoms with E-state index in [0.29, 0.717) is 0 Å². The summed E-state index contributed by atoms with van der Waals surface area (Å²) in [6.45, 7) is 10.9. The molecule has 0 fully saturated rings. The normalized spacial score (nSPS) is 12.5. The topological polar surface area (TPSA) is 0 Å².